The second-order valence-electron chi connectivity index (χ2n) is 2.76. The summed E-state index contributed by atoms with van der Waals surface area (Å²) in [4.78, 5) is 0. The molecule has 74 valence electrons. The lowest BCUT2D eigenvalue weighted by Crippen LogP contribution is -2.45. The summed E-state index contributed by atoms with van der Waals surface area (Å²) in [6.07, 6.45) is 3.00. The summed E-state index contributed by atoms with van der Waals surface area (Å²) in [5.74, 6) is 5.36. The maximum atomic E-state index is 5.36. The second kappa shape index (κ2) is 7.49. The number of hydrogen-bond acceptors (Lipinski definition) is 4. The van der Waals surface area contributed by atoms with Crippen molar-refractivity contribution in [2.45, 2.75) is 38.5 Å². The Morgan fingerprint density at radius 2 is 1.92 bits per heavy atom. The van der Waals surface area contributed by atoms with Crippen molar-refractivity contribution in [2.24, 2.45) is 5.84 Å². The number of hydrazine groups is 1. The molecular formula is C8H20N2O2. The molecule has 0 aromatic heterocycles. The summed E-state index contributed by atoms with van der Waals surface area (Å²) in [5.41, 5.74) is 2.69. The summed E-state index contributed by atoms with van der Waals surface area (Å²) < 4.78 is 10.2. The monoisotopic (exact) mass is 176 g/mol. The van der Waals surface area contributed by atoms with Crippen molar-refractivity contribution in [1.29, 1.82) is 0 Å². The van der Waals surface area contributed by atoms with E-state index < -0.39 is 0 Å². The Morgan fingerprint density at radius 3 is 2.25 bits per heavy atom. The van der Waals surface area contributed by atoms with E-state index in [1.165, 1.54) is 0 Å². The van der Waals surface area contributed by atoms with Crippen molar-refractivity contribution in [1.82, 2.24) is 5.43 Å². The van der Waals surface area contributed by atoms with E-state index in [9.17, 15) is 0 Å². The van der Waals surface area contributed by atoms with Gasteiger partial charge in [-0.25, -0.2) is 0 Å². The fourth-order valence-electron chi connectivity index (χ4n) is 1.15. The summed E-state index contributed by atoms with van der Waals surface area (Å²) in [7, 11) is 3.23. The van der Waals surface area contributed by atoms with E-state index in [-0.39, 0.29) is 12.3 Å². The predicted molar refractivity (Wildman–Crippen MR) is 48.4 cm³/mol. The van der Waals surface area contributed by atoms with E-state index in [0.717, 1.165) is 19.3 Å². The normalized spacial score (nSPS) is 13.8. The molecule has 1 atom stereocenters. The van der Waals surface area contributed by atoms with E-state index in [1.807, 2.05) is 0 Å². The zero-order valence-electron chi connectivity index (χ0n) is 8.17. The first-order chi connectivity index (χ1) is 5.79. The maximum absolute atomic E-state index is 5.36. The average Bonchev–Trinajstić information content (AvgIpc) is 2.12. The molecule has 0 aliphatic carbocycles. The first-order valence-corrected chi connectivity index (χ1v) is 4.31. The zero-order valence-corrected chi connectivity index (χ0v) is 8.17. The molecule has 0 spiro atoms. The molecule has 4 nitrogen and oxygen atoms in total. The largest absolute Gasteiger partial charge is 0.354 e. The van der Waals surface area contributed by atoms with Gasteiger partial charge in [0.1, 0.15) is 0 Å². The molecule has 0 amide bonds. The number of ether oxygens (including phenoxy) is 2. The highest BCUT2D eigenvalue weighted by Gasteiger charge is 2.18. The van der Waals surface area contributed by atoms with E-state index in [4.69, 9.17) is 15.3 Å². The molecule has 0 bridgehead atoms. The number of nitrogens with one attached hydrogen (secondary N) is 1. The van der Waals surface area contributed by atoms with Crippen LogP contribution in [0, 0.1) is 0 Å². The van der Waals surface area contributed by atoms with Gasteiger partial charge in [-0.05, 0) is 6.42 Å². The van der Waals surface area contributed by atoms with Crippen LogP contribution in [0.25, 0.3) is 0 Å². The Bertz CT molecular complexity index is 97.1. The molecule has 0 saturated heterocycles. The quantitative estimate of drug-likeness (QED) is 0.339. The number of rotatable bonds is 7. The average molecular weight is 176 g/mol. The first kappa shape index (κ1) is 11.8. The van der Waals surface area contributed by atoms with Gasteiger partial charge in [0.05, 0.1) is 6.04 Å². The summed E-state index contributed by atoms with van der Waals surface area (Å²) in [6.45, 7) is 2.14. The Labute approximate surface area is 74.4 Å². The second-order valence-corrected chi connectivity index (χ2v) is 2.76. The van der Waals surface area contributed by atoms with Crippen LogP contribution in [-0.4, -0.2) is 26.6 Å². The van der Waals surface area contributed by atoms with Gasteiger partial charge in [-0.2, -0.15) is 0 Å². The molecule has 0 radical (unpaired) electrons. The number of methoxy groups -OCH3 is 2. The van der Waals surface area contributed by atoms with Crippen LogP contribution in [0.3, 0.4) is 0 Å². The van der Waals surface area contributed by atoms with Crippen LogP contribution in [0.4, 0.5) is 0 Å². The molecule has 3 N–H and O–H groups in total. The highest BCUT2D eigenvalue weighted by molar-refractivity contribution is 4.66. The molecule has 4 heteroatoms. The third-order valence-electron chi connectivity index (χ3n) is 1.88. The number of nitrogens with two attached hydrogens (primary N) is 1. The maximum Gasteiger partial charge on any atom is 0.173 e. The van der Waals surface area contributed by atoms with Crippen molar-refractivity contribution in [3.63, 3.8) is 0 Å². The number of unbranched alkanes of at least 4 members (excludes halogenated alkanes) is 1. The lowest BCUT2D eigenvalue weighted by atomic mass is 10.1. The van der Waals surface area contributed by atoms with Crippen LogP contribution in [0.2, 0.25) is 0 Å². The van der Waals surface area contributed by atoms with E-state index in [2.05, 4.69) is 12.3 Å². The summed E-state index contributed by atoms with van der Waals surface area (Å²) >= 11 is 0. The van der Waals surface area contributed by atoms with Gasteiger partial charge in [-0.15, -0.1) is 0 Å². The molecule has 0 saturated carbocycles. The highest BCUT2D eigenvalue weighted by atomic mass is 16.7. The van der Waals surface area contributed by atoms with Crippen LogP contribution in [0.15, 0.2) is 0 Å². The van der Waals surface area contributed by atoms with Gasteiger partial charge in [-0.1, -0.05) is 19.8 Å². The van der Waals surface area contributed by atoms with E-state index in [1.54, 1.807) is 14.2 Å². The molecular weight excluding hydrogens is 156 g/mol. The minimum absolute atomic E-state index is 0.0833. The third kappa shape index (κ3) is 4.01. The predicted octanol–water partition coefficient (Wildman–Crippen LogP) is 0.627. The molecule has 12 heavy (non-hydrogen) atoms. The SMILES string of the molecule is CCCCC(NN)C(OC)OC. The van der Waals surface area contributed by atoms with Gasteiger partial charge in [0, 0.05) is 14.2 Å². The van der Waals surface area contributed by atoms with Gasteiger partial charge in [0.2, 0.25) is 0 Å². The molecule has 0 aliphatic heterocycles. The zero-order chi connectivity index (χ0) is 9.40. The molecule has 0 rings (SSSR count). The van der Waals surface area contributed by atoms with Crippen LogP contribution in [-0.2, 0) is 9.47 Å². The van der Waals surface area contributed by atoms with Crippen LogP contribution >= 0.6 is 0 Å². The Kier molecular flexibility index (Phi) is 7.39. The fraction of sp³-hybridized carbons (Fsp3) is 1.00. The molecule has 0 heterocycles. The van der Waals surface area contributed by atoms with Crippen molar-refractivity contribution in [2.75, 3.05) is 14.2 Å². The van der Waals surface area contributed by atoms with Gasteiger partial charge < -0.3 is 9.47 Å². The van der Waals surface area contributed by atoms with Crippen molar-refractivity contribution < 1.29 is 9.47 Å². The van der Waals surface area contributed by atoms with Gasteiger partial charge in [0.25, 0.3) is 0 Å². The van der Waals surface area contributed by atoms with Gasteiger partial charge >= 0.3 is 0 Å². The van der Waals surface area contributed by atoms with Crippen LogP contribution < -0.4 is 11.3 Å². The molecule has 0 aromatic carbocycles. The van der Waals surface area contributed by atoms with Gasteiger partial charge in [-0.3, -0.25) is 11.3 Å². The van der Waals surface area contributed by atoms with Gasteiger partial charge in [0.15, 0.2) is 6.29 Å². The molecule has 0 aromatic rings. The minimum atomic E-state index is -0.249. The Morgan fingerprint density at radius 1 is 1.33 bits per heavy atom. The van der Waals surface area contributed by atoms with Crippen LogP contribution in [0.5, 0.6) is 0 Å². The molecule has 0 aliphatic rings. The van der Waals surface area contributed by atoms with Crippen molar-refractivity contribution >= 4 is 0 Å². The minimum Gasteiger partial charge on any atom is -0.354 e. The number of hydrogen-bond donors (Lipinski definition) is 2. The lowest BCUT2D eigenvalue weighted by Gasteiger charge is -2.23. The van der Waals surface area contributed by atoms with Crippen molar-refractivity contribution in [3.05, 3.63) is 0 Å². The van der Waals surface area contributed by atoms with E-state index in [0.29, 0.717) is 0 Å². The van der Waals surface area contributed by atoms with E-state index >= 15 is 0 Å². The smallest absolute Gasteiger partial charge is 0.173 e. The molecule has 1 unspecified atom stereocenters. The standard InChI is InChI=1S/C8H20N2O2/c1-4-5-6-7(10-9)8(11-2)12-3/h7-8,10H,4-6,9H2,1-3H3. The van der Waals surface area contributed by atoms with Crippen molar-refractivity contribution in [3.8, 4) is 0 Å². The summed E-state index contributed by atoms with van der Waals surface area (Å²) in [5, 5.41) is 0. The van der Waals surface area contributed by atoms with Crippen LogP contribution in [0.1, 0.15) is 26.2 Å². The first-order valence-electron chi connectivity index (χ1n) is 4.31. The Hall–Kier alpha value is -0.160. The Balaban J connectivity index is 3.75. The fourth-order valence-corrected chi connectivity index (χ4v) is 1.15. The lowest BCUT2D eigenvalue weighted by molar-refractivity contribution is -0.124. The summed E-state index contributed by atoms with van der Waals surface area (Å²) in [6, 6.07) is 0.0833. The topological polar surface area (TPSA) is 56.5 Å². The molecule has 0 fully saturated rings. The third-order valence-corrected chi connectivity index (χ3v) is 1.88. The highest BCUT2D eigenvalue weighted by Crippen LogP contribution is 2.07.